The van der Waals surface area contributed by atoms with Crippen molar-refractivity contribution in [2.45, 2.75) is 37.7 Å². The van der Waals surface area contributed by atoms with Crippen LogP contribution in [0.4, 0.5) is 0 Å². The first-order valence-electron chi connectivity index (χ1n) is 8.58. The van der Waals surface area contributed by atoms with Crippen LogP contribution in [0.2, 0.25) is 0 Å². The number of methoxy groups -OCH3 is 1. The van der Waals surface area contributed by atoms with Crippen molar-refractivity contribution < 1.29 is 9.47 Å². The van der Waals surface area contributed by atoms with Gasteiger partial charge in [-0.15, -0.1) is 24.0 Å². The first kappa shape index (κ1) is 20.9. The van der Waals surface area contributed by atoms with Gasteiger partial charge in [-0.1, -0.05) is 6.42 Å². The maximum atomic E-state index is 5.74. The molecule has 2 saturated heterocycles. The van der Waals surface area contributed by atoms with E-state index in [2.05, 4.69) is 20.5 Å². The molecule has 0 aromatic heterocycles. The lowest BCUT2D eigenvalue weighted by Gasteiger charge is -2.36. The molecule has 0 saturated carbocycles. The van der Waals surface area contributed by atoms with E-state index in [1.54, 1.807) is 7.11 Å². The molecule has 2 aliphatic heterocycles. The third-order valence-electron chi connectivity index (χ3n) is 4.81. The molecule has 23 heavy (non-hydrogen) atoms. The Morgan fingerprint density at radius 3 is 2.48 bits per heavy atom. The van der Waals surface area contributed by atoms with Crippen molar-refractivity contribution >= 4 is 29.9 Å². The van der Waals surface area contributed by atoms with Gasteiger partial charge < -0.3 is 25.0 Å². The van der Waals surface area contributed by atoms with Crippen LogP contribution in [0.15, 0.2) is 4.99 Å². The third-order valence-corrected chi connectivity index (χ3v) is 4.81. The Kier molecular flexibility index (Phi) is 10.4. The topological polar surface area (TPSA) is 58.1 Å². The number of halogens is 1. The second-order valence-electron chi connectivity index (χ2n) is 6.25. The zero-order valence-corrected chi connectivity index (χ0v) is 16.9. The molecule has 0 unspecified atom stereocenters. The van der Waals surface area contributed by atoms with Crippen molar-refractivity contribution in [3.8, 4) is 0 Å². The number of nitrogens with one attached hydrogen (secondary N) is 2. The fraction of sp³-hybridized carbons (Fsp3) is 0.938. The average Bonchev–Trinajstić information content (AvgIpc) is 2.59. The SMILES string of the molecule is CN=C(NCCN1CCCCC1)NCC1(OC)CCOCC1.I. The lowest BCUT2D eigenvalue weighted by atomic mass is 9.94. The molecule has 0 aliphatic carbocycles. The van der Waals surface area contributed by atoms with E-state index < -0.39 is 0 Å². The van der Waals surface area contributed by atoms with Crippen molar-refractivity contribution in [1.29, 1.82) is 0 Å². The standard InChI is InChI=1S/C16H32N4O2.HI/c1-17-15(18-8-11-20-9-4-3-5-10-20)19-14-16(21-2)6-12-22-13-7-16;/h3-14H2,1-2H3,(H2,17,18,19);1H. The second-order valence-corrected chi connectivity index (χ2v) is 6.25. The van der Waals surface area contributed by atoms with Gasteiger partial charge in [0.1, 0.15) is 0 Å². The molecule has 2 rings (SSSR count). The van der Waals surface area contributed by atoms with E-state index in [9.17, 15) is 0 Å². The summed E-state index contributed by atoms with van der Waals surface area (Å²) in [7, 11) is 3.61. The van der Waals surface area contributed by atoms with Crippen LogP contribution in [0.3, 0.4) is 0 Å². The van der Waals surface area contributed by atoms with Crippen molar-refractivity contribution in [2.24, 2.45) is 4.99 Å². The van der Waals surface area contributed by atoms with E-state index in [0.29, 0.717) is 0 Å². The Hall–Kier alpha value is -0.120. The minimum absolute atomic E-state index is 0. The van der Waals surface area contributed by atoms with E-state index in [1.807, 2.05) is 7.05 Å². The minimum Gasteiger partial charge on any atom is -0.381 e. The molecule has 6 nitrogen and oxygen atoms in total. The van der Waals surface area contributed by atoms with Gasteiger partial charge in [0.15, 0.2) is 5.96 Å². The highest BCUT2D eigenvalue weighted by atomic mass is 127. The molecule has 0 radical (unpaired) electrons. The van der Waals surface area contributed by atoms with E-state index >= 15 is 0 Å². The number of piperidine rings is 1. The third kappa shape index (κ3) is 7.11. The van der Waals surface area contributed by atoms with Crippen LogP contribution < -0.4 is 10.6 Å². The van der Waals surface area contributed by atoms with Crippen molar-refractivity contribution in [3.63, 3.8) is 0 Å². The Labute approximate surface area is 157 Å². The molecule has 2 heterocycles. The summed E-state index contributed by atoms with van der Waals surface area (Å²) in [5.74, 6) is 0.861. The Morgan fingerprint density at radius 1 is 1.17 bits per heavy atom. The molecule has 0 atom stereocenters. The van der Waals surface area contributed by atoms with Crippen LogP contribution in [0.5, 0.6) is 0 Å². The molecular weight excluding hydrogens is 407 g/mol. The van der Waals surface area contributed by atoms with Gasteiger partial charge in [0.2, 0.25) is 0 Å². The Bertz CT molecular complexity index is 343. The van der Waals surface area contributed by atoms with Gasteiger partial charge in [0.25, 0.3) is 0 Å². The number of aliphatic imine (C=N–C) groups is 1. The van der Waals surface area contributed by atoms with Crippen molar-refractivity contribution in [2.75, 3.05) is 60.1 Å². The van der Waals surface area contributed by atoms with E-state index in [-0.39, 0.29) is 29.6 Å². The normalized spacial score (nSPS) is 22.3. The second kappa shape index (κ2) is 11.4. The maximum absolute atomic E-state index is 5.74. The summed E-state index contributed by atoms with van der Waals surface area (Å²) in [5.41, 5.74) is -0.122. The highest BCUT2D eigenvalue weighted by Gasteiger charge is 2.32. The molecular formula is C16H33IN4O2. The summed E-state index contributed by atoms with van der Waals surface area (Å²) in [6, 6.07) is 0. The first-order chi connectivity index (χ1) is 10.8. The summed E-state index contributed by atoms with van der Waals surface area (Å²) in [4.78, 5) is 6.84. The van der Waals surface area contributed by atoms with Gasteiger partial charge in [-0.2, -0.15) is 0 Å². The fourth-order valence-electron chi connectivity index (χ4n) is 3.18. The average molecular weight is 440 g/mol. The summed E-state index contributed by atoms with van der Waals surface area (Å²) in [6.07, 6.45) is 5.93. The summed E-state index contributed by atoms with van der Waals surface area (Å²) >= 11 is 0. The number of ether oxygens (including phenoxy) is 2. The molecule has 0 spiro atoms. The van der Waals surface area contributed by atoms with Crippen LogP contribution in [0, 0.1) is 0 Å². The highest BCUT2D eigenvalue weighted by molar-refractivity contribution is 14.0. The number of hydrogen-bond donors (Lipinski definition) is 2. The van der Waals surface area contributed by atoms with Crippen LogP contribution in [-0.4, -0.2) is 76.6 Å². The summed E-state index contributed by atoms with van der Waals surface area (Å²) in [6.45, 7) is 6.82. The Balaban J connectivity index is 0.00000264. The van der Waals surface area contributed by atoms with Crippen LogP contribution in [0.25, 0.3) is 0 Å². The predicted octanol–water partition coefficient (Wildman–Crippen LogP) is 1.45. The molecule has 136 valence electrons. The number of hydrogen-bond acceptors (Lipinski definition) is 4. The smallest absolute Gasteiger partial charge is 0.191 e. The zero-order chi connectivity index (χ0) is 15.7. The molecule has 2 N–H and O–H groups in total. The first-order valence-corrected chi connectivity index (χ1v) is 8.58. The number of nitrogens with zero attached hydrogens (tertiary/aromatic N) is 2. The molecule has 2 fully saturated rings. The summed E-state index contributed by atoms with van der Waals surface area (Å²) < 4.78 is 11.2. The van der Waals surface area contributed by atoms with E-state index in [4.69, 9.17) is 9.47 Å². The van der Waals surface area contributed by atoms with Crippen molar-refractivity contribution in [1.82, 2.24) is 15.5 Å². The van der Waals surface area contributed by atoms with E-state index in [0.717, 1.165) is 51.6 Å². The molecule has 0 aromatic rings. The van der Waals surface area contributed by atoms with E-state index in [1.165, 1.54) is 32.4 Å². The van der Waals surface area contributed by atoms with Crippen molar-refractivity contribution in [3.05, 3.63) is 0 Å². The zero-order valence-electron chi connectivity index (χ0n) is 14.6. The molecule has 0 amide bonds. The molecule has 2 aliphatic rings. The van der Waals surface area contributed by atoms with Crippen LogP contribution in [-0.2, 0) is 9.47 Å². The molecule has 7 heteroatoms. The molecule has 0 bridgehead atoms. The molecule has 0 aromatic carbocycles. The van der Waals surface area contributed by atoms with Gasteiger partial charge in [-0.3, -0.25) is 4.99 Å². The largest absolute Gasteiger partial charge is 0.381 e. The lowest BCUT2D eigenvalue weighted by molar-refractivity contribution is -0.0855. The number of guanidine groups is 1. The van der Waals surface area contributed by atoms with Gasteiger partial charge >= 0.3 is 0 Å². The quantitative estimate of drug-likeness (QED) is 0.372. The van der Waals surface area contributed by atoms with Gasteiger partial charge in [-0.25, -0.2) is 0 Å². The maximum Gasteiger partial charge on any atom is 0.191 e. The minimum atomic E-state index is -0.122. The monoisotopic (exact) mass is 440 g/mol. The highest BCUT2D eigenvalue weighted by Crippen LogP contribution is 2.23. The predicted molar refractivity (Wildman–Crippen MR) is 105 cm³/mol. The fourth-order valence-corrected chi connectivity index (χ4v) is 3.18. The Morgan fingerprint density at radius 2 is 1.87 bits per heavy atom. The van der Waals surface area contributed by atoms with Gasteiger partial charge in [-0.05, 0) is 25.9 Å². The van der Waals surface area contributed by atoms with Gasteiger partial charge in [0.05, 0.1) is 5.60 Å². The van der Waals surface area contributed by atoms with Crippen LogP contribution >= 0.6 is 24.0 Å². The van der Waals surface area contributed by atoms with Gasteiger partial charge in [0, 0.05) is 59.8 Å². The summed E-state index contributed by atoms with van der Waals surface area (Å²) in [5, 5.41) is 6.82. The lowest BCUT2D eigenvalue weighted by Crippen LogP contribution is -2.51. The number of rotatable bonds is 6. The number of likely N-dealkylation sites (tertiary alicyclic amines) is 1. The van der Waals surface area contributed by atoms with Crippen LogP contribution in [0.1, 0.15) is 32.1 Å².